The van der Waals surface area contributed by atoms with E-state index in [1.807, 2.05) is 31.2 Å². The lowest BCUT2D eigenvalue weighted by Crippen LogP contribution is -2.17. The van der Waals surface area contributed by atoms with Gasteiger partial charge in [-0.3, -0.25) is 4.79 Å². The average molecular weight is 310 g/mol. The highest BCUT2D eigenvalue weighted by Gasteiger charge is 2.16. The second-order valence-electron chi connectivity index (χ2n) is 4.86. The smallest absolute Gasteiger partial charge is 0.271 e. The van der Waals surface area contributed by atoms with Gasteiger partial charge >= 0.3 is 0 Å². The quantitative estimate of drug-likeness (QED) is 0.551. The minimum atomic E-state index is -0.782. The first-order valence-corrected chi connectivity index (χ1v) is 6.69. The fraction of sp³-hybridized carbons (Fsp3) is 0.0714. The normalized spacial score (nSPS) is 10.7. The molecular formula is C14H14N8O. The molecule has 3 rings (SSSR count). The van der Waals surface area contributed by atoms with Crippen molar-refractivity contribution in [3.05, 3.63) is 35.5 Å². The fourth-order valence-corrected chi connectivity index (χ4v) is 2.09. The van der Waals surface area contributed by atoms with E-state index in [9.17, 15) is 4.79 Å². The number of carbonyl (C=O) groups excluding carboxylic acids is 1. The molecule has 0 radical (unpaired) electrons. The number of aryl methyl sites for hydroxylation is 1. The first-order valence-electron chi connectivity index (χ1n) is 6.69. The lowest BCUT2D eigenvalue weighted by atomic mass is 10.2. The molecule has 0 bridgehead atoms. The van der Waals surface area contributed by atoms with Crippen LogP contribution in [0.4, 0.5) is 23.3 Å². The van der Waals surface area contributed by atoms with Crippen molar-refractivity contribution in [3.8, 4) is 0 Å². The van der Waals surface area contributed by atoms with E-state index in [0.717, 1.165) is 11.3 Å². The highest BCUT2D eigenvalue weighted by molar-refractivity contribution is 5.98. The van der Waals surface area contributed by atoms with Crippen molar-refractivity contribution >= 4 is 40.3 Å². The predicted octanol–water partition coefficient (Wildman–Crippen LogP) is 0.735. The maximum Gasteiger partial charge on any atom is 0.271 e. The molecule has 0 unspecified atom stereocenters. The predicted molar refractivity (Wildman–Crippen MR) is 86.9 cm³/mol. The van der Waals surface area contributed by atoms with Crippen LogP contribution in [0.25, 0.3) is 11.2 Å². The molecule has 1 amide bonds. The largest absolute Gasteiger partial charge is 0.382 e. The van der Waals surface area contributed by atoms with E-state index >= 15 is 0 Å². The number of hydrogen-bond donors (Lipinski definition) is 4. The van der Waals surface area contributed by atoms with Crippen LogP contribution < -0.4 is 22.5 Å². The molecule has 9 heteroatoms. The number of aromatic nitrogens is 4. The standard InChI is InChI=1S/C14H14N8O/c1-6-4-2-3-5-7(6)18-12-9-13(22-14(17)21-12)20-10(15)8(19-9)11(16)23/h2-5H,1H3,(H2,16,23)(H5,15,17,18,20,21,22). The van der Waals surface area contributed by atoms with Gasteiger partial charge in [0.2, 0.25) is 5.95 Å². The Kier molecular flexibility index (Phi) is 3.37. The Morgan fingerprint density at radius 3 is 2.52 bits per heavy atom. The number of anilines is 4. The van der Waals surface area contributed by atoms with Gasteiger partial charge < -0.3 is 22.5 Å². The monoisotopic (exact) mass is 310 g/mol. The summed E-state index contributed by atoms with van der Waals surface area (Å²) in [6.07, 6.45) is 0. The van der Waals surface area contributed by atoms with Gasteiger partial charge in [-0.05, 0) is 18.6 Å². The molecule has 0 aliphatic heterocycles. The van der Waals surface area contributed by atoms with E-state index < -0.39 is 5.91 Å². The number of para-hydroxylation sites is 1. The van der Waals surface area contributed by atoms with E-state index in [0.29, 0.717) is 5.82 Å². The first kappa shape index (κ1) is 14.4. The second kappa shape index (κ2) is 5.37. The van der Waals surface area contributed by atoms with Crippen molar-refractivity contribution in [2.75, 3.05) is 16.8 Å². The second-order valence-corrected chi connectivity index (χ2v) is 4.86. The molecule has 1 aromatic carbocycles. The van der Waals surface area contributed by atoms with Gasteiger partial charge in [0, 0.05) is 5.69 Å². The lowest BCUT2D eigenvalue weighted by molar-refractivity contribution is 0.0996. The number of fused-ring (bicyclic) bond motifs is 1. The highest BCUT2D eigenvalue weighted by Crippen LogP contribution is 2.25. The van der Waals surface area contributed by atoms with Gasteiger partial charge in [0.15, 0.2) is 28.5 Å². The first-order chi connectivity index (χ1) is 11.0. The zero-order valence-electron chi connectivity index (χ0n) is 12.2. The van der Waals surface area contributed by atoms with E-state index in [-0.39, 0.29) is 28.6 Å². The zero-order valence-corrected chi connectivity index (χ0v) is 12.2. The van der Waals surface area contributed by atoms with Gasteiger partial charge in [0.05, 0.1) is 0 Å². The Morgan fingerprint density at radius 1 is 1.09 bits per heavy atom. The Hall–Kier alpha value is -3.49. The molecule has 116 valence electrons. The maximum absolute atomic E-state index is 11.4. The minimum absolute atomic E-state index is 0.00843. The summed E-state index contributed by atoms with van der Waals surface area (Å²) in [5, 5.41) is 3.12. The van der Waals surface area contributed by atoms with Crippen molar-refractivity contribution < 1.29 is 4.79 Å². The molecule has 3 aromatic rings. The molecule has 7 N–H and O–H groups in total. The van der Waals surface area contributed by atoms with Gasteiger partial charge in [0.1, 0.15) is 0 Å². The summed E-state index contributed by atoms with van der Waals surface area (Å²) in [5.41, 5.74) is 18.7. The van der Waals surface area contributed by atoms with Crippen LogP contribution in [0.2, 0.25) is 0 Å². The van der Waals surface area contributed by atoms with E-state index in [1.54, 1.807) is 0 Å². The third-order valence-electron chi connectivity index (χ3n) is 3.21. The van der Waals surface area contributed by atoms with E-state index in [1.165, 1.54) is 0 Å². The molecule has 2 aromatic heterocycles. The summed E-state index contributed by atoms with van der Waals surface area (Å²) in [7, 11) is 0. The number of amides is 1. The fourth-order valence-electron chi connectivity index (χ4n) is 2.09. The number of nitrogen functional groups attached to an aromatic ring is 2. The zero-order chi connectivity index (χ0) is 16.6. The van der Waals surface area contributed by atoms with Crippen LogP contribution in [0, 0.1) is 6.92 Å². The number of nitrogens with one attached hydrogen (secondary N) is 1. The minimum Gasteiger partial charge on any atom is -0.382 e. The number of carbonyl (C=O) groups is 1. The number of hydrogen-bond acceptors (Lipinski definition) is 8. The van der Waals surface area contributed by atoms with Crippen molar-refractivity contribution in [2.24, 2.45) is 5.73 Å². The molecular weight excluding hydrogens is 296 g/mol. The molecule has 0 fully saturated rings. The molecule has 0 spiro atoms. The number of nitrogens with zero attached hydrogens (tertiary/aromatic N) is 4. The number of rotatable bonds is 3. The van der Waals surface area contributed by atoms with Crippen molar-refractivity contribution in [3.63, 3.8) is 0 Å². The molecule has 0 atom stereocenters. The molecule has 23 heavy (non-hydrogen) atoms. The van der Waals surface area contributed by atoms with Gasteiger partial charge in [-0.15, -0.1) is 0 Å². The summed E-state index contributed by atoms with van der Waals surface area (Å²) in [6, 6.07) is 7.60. The molecule has 0 saturated heterocycles. The average Bonchev–Trinajstić information content (AvgIpc) is 2.48. The Labute approximate surface area is 131 Å². The van der Waals surface area contributed by atoms with E-state index in [4.69, 9.17) is 17.2 Å². The third-order valence-corrected chi connectivity index (χ3v) is 3.21. The van der Waals surface area contributed by atoms with Gasteiger partial charge in [-0.1, -0.05) is 18.2 Å². The summed E-state index contributed by atoms with van der Waals surface area (Å²) in [5.74, 6) is -0.564. The topological polar surface area (TPSA) is 159 Å². The summed E-state index contributed by atoms with van der Waals surface area (Å²) < 4.78 is 0. The van der Waals surface area contributed by atoms with Crippen molar-refractivity contribution in [2.45, 2.75) is 6.92 Å². The number of primary amides is 1. The van der Waals surface area contributed by atoms with Crippen LogP contribution in [0.3, 0.4) is 0 Å². The van der Waals surface area contributed by atoms with Crippen LogP contribution in [0.1, 0.15) is 16.1 Å². The van der Waals surface area contributed by atoms with E-state index in [2.05, 4.69) is 25.3 Å². The Bertz CT molecular complexity index is 924. The van der Waals surface area contributed by atoms with Crippen LogP contribution in [-0.4, -0.2) is 25.8 Å². The number of nitrogens with two attached hydrogens (primary N) is 3. The maximum atomic E-state index is 11.4. The van der Waals surface area contributed by atoms with Crippen molar-refractivity contribution in [1.82, 2.24) is 19.9 Å². The number of benzene rings is 1. The summed E-state index contributed by atoms with van der Waals surface area (Å²) in [6.45, 7) is 1.94. The molecule has 0 saturated carbocycles. The van der Waals surface area contributed by atoms with Crippen LogP contribution in [0.15, 0.2) is 24.3 Å². The van der Waals surface area contributed by atoms with Gasteiger partial charge in [-0.2, -0.15) is 9.97 Å². The summed E-state index contributed by atoms with van der Waals surface area (Å²) >= 11 is 0. The van der Waals surface area contributed by atoms with Crippen LogP contribution >= 0.6 is 0 Å². The molecule has 2 heterocycles. The summed E-state index contributed by atoms with van der Waals surface area (Å²) in [4.78, 5) is 27.7. The van der Waals surface area contributed by atoms with Gasteiger partial charge in [0.25, 0.3) is 5.91 Å². The molecule has 0 aliphatic rings. The highest BCUT2D eigenvalue weighted by atomic mass is 16.1. The Morgan fingerprint density at radius 2 is 1.83 bits per heavy atom. The molecule has 0 aliphatic carbocycles. The SMILES string of the molecule is Cc1ccccc1Nc1nc(N)nc2nc(N)c(C(N)=O)nc12. The molecule has 9 nitrogen and oxygen atoms in total. The van der Waals surface area contributed by atoms with Crippen LogP contribution in [0.5, 0.6) is 0 Å². The third kappa shape index (κ3) is 2.67. The van der Waals surface area contributed by atoms with Crippen LogP contribution in [-0.2, 0) is 0 Å². The van der Waals surface area contributed by atoms with Gasteiger partial charge in [-0.25, -0.2) is 9.97 Å². The Balaban J connectivity index is 2.21. The van der Waals surface area contributed by atoms with Crippen molar-refractivity contribution in [1.29, 1.82) is 0 Å². The lowest BCUT2D eigenvalue weighted by Gasteiger charge is -2.11.